The van der Waals surface area contributed by atoms with Gasteiger partial charge in [-0.25, -0.2) is 13.9 Å². The van der Waals surface area contributed by atoms with Crippen LogP contribution in [0.4, 0.5) is 5.82 Å². The fourth-order valence-corrected chi connectivity index (χ4v) is 8.91. The van der Waals surface area contributed by atoms with Gasteiger partial charge >= 0.3 is 33.3 Å². The normalized spacial score (nSPS) is 19.9. The minimum absolute atomic E-state index is 0.0525. The number of ether oxygens (including phenoxy) is 3. The van der Waals surface area contributed by atoms with Gasteiger partial charge in [-0.1, -0.05) is 134 Å². The maximum atomic E-state index is 12.8. The molecule has 0 amide bonds. The average Bonchev–Trinajstić information content (AvgIpc) is 3.55. The van der Waals surface area contributed by atoms with Crippen LogP contribution < -0.4 is 11.4 Å². The van der Waals surface area contributed by atoms with Gasteiger partial charge in [0.2, 0.25) is 0 Å². The molecule has 2 heterocycles. The fraction of sp³-hybridized carbons (Fsp3) is 0.681. The molecule has 21 heteroatoms. The maximum Gasteiger partial charge on any atom is 0.481 e. The molecule has 1 aromatic heterocycles. The summed E-state index contributed by atoms with van der Waals surface area (Å²) in [5, 5.41) is 20.9. The smallest absolute Gasteiger partial charge is 0.462 e. The van der Waals surface area contributed by atoms with E-state index in [1.807, 2.05) is 36.5 Å². The lowest BCUT2D eigenvalue weighted by molar-refractivity contribution is -0.161. The van der Waals surface area contributed by atoms with Crippen LogP contribution in [0.25, 0.3) is 0 Å². The molecule has 0 saturated carbocycles. The van der Waals surface area contributed by atoms with Crippen molar-refractivity contribution >= 4 is 39.2 Å². The van der Waals surface area contributed by atoms with E-state index in [1.165, 1.54) is 38.2 Å². The summed E-state index contributed by atoms with van der Waals surface area (Å²) in [4.78, 5) is 73.5. The van der Waals surface area contributed by atoms with Crippen LogP contribution in [0.5, 0.6) is 0 Å². The molecule has 0 aromatic carbocycles. The molecule has 0 radical (unpaired) electrons. The molecule has 1 aromatic rings. The van der Waals surface area contributed by atoms with E-state index in [4.69, 9.17) is 29.0 Å². The number of allylic oxidation sites excluding steroid dienone is 8. The van der Waals surface area contributed by atoms with E-state index in [0.29, 0.717) is 38.5 Å². The number of aromatic nitrogens is 2. The van der Waals surface area contributed by atoms with Crippen molar-refractivity contribution in [3.8, 4) is 0 Å². The number of rotatable bonds is 38. The van der Waals surface area contributed by atoms with E-state index in [0.717, 1.165) is 61.6 Å². The summed E-state index contributed by atoms with van der Waals surface area (Å²) in [5.74, 6) is -0.551. The van der Waals surface area contributed by atoms with Crippen LogP contribution in [-0.2, 0) is 51.1 Å². The van der Waals surface area contributed by atoms with Crippen LogP contribution in [0, 0.1) is 5.92 Å². The molecule has 19 nitrogen and oxygen atoms in total. The average molecular weight is 1000 g/mol. The number of nitrogen functional groups attached to an aromatic ring is 1. The first-order chi connectivity index (χ1) is 32.4. The molecule has 2 unspecified atom stereocenters. The Kier molecular flexibility index (Phi) is 30.8. The molecule has 68 heavy (non-hydrogen) atoms. The predicted molar refractivity (Wildman–Crippen MR) is 257 cm³/mol. The van der Waals surface area contributed by atoms with Crippen molar-refractivity contribution in [2.75, 3.05) is 25.6 Å². The monoisotopic (exact) mass is 1000 g/mol. The van der Waals surface area contributed by atoms with Gasteiger partial charge in [0.15, 0.2) is 18.1 Å². The first kappa shape index (κ1) is 60.5. The lowest BCUT2D eigenvalue weighted by atomic mass is 10.0. The molecule has 1 aliphatic rings. The van der Waals surface area contributed by atoms with Crippen LogP contribution >= 0.6 is 15.6 Å². The first-order valence-electron chi connectivity index (χ1n) is 24.0. The third-order valence-electron chi connectivity index (χ3n) is 10.6. The van der Waals surface area contributed by atoms with Crippen LogP contribution in [0.2, 0.25) is 0 Å². The Morgan fingerprint density at radius 3 is 2.09 bits per heavy atom. The SMILES string of the molecule is CCCCCC(=O)/C=C/C=C\C/C=C\C/C=C\CCCC(=O)O[C@H](COC(=O)CCCCCCCCCCCC(C)C)COP(=O)(O)OP(=O)(O)OC[C@H]1O[C@@H](n2ccc(N)nc2=O)[C@H](O)[C@@H]1O. The Hall–Kier alpha value is -3.61. The van der Waals surface area contributed by atoms with Gasteiger partial charge in [-0.3, -0.25) is 28.0 Å². The van der Waals surface area contributed by atoms with Crippen molar-refractivity contribution in [3.05, 3.63) is 71.4 Å². The van der Waals surface area contributed by atoms with E-state index >= 15 is 0 Å². The first-order valence-corrected chi connectivity index (χ1v) is 27.0. The van der Waals surface area contributed by atoms with Crippen molar-refractivity contribution in [1.29, 1.82) is 0 Å². The maximum absolute atomic E-state index is 12.8. The second-order valence-corrected chi connectivity index (χ2v) is 20.2. The molecule has 7 atom stereocenters. The van der Waals surface area contributed by atoms with Crippen LogP contribution in [0.1, 0.15) is 155 Å². The second-order valence-electron chi connectivity index (χ2n) is 17.1. The Labute approximate surface area is 401 Å². The molecular weight excluding hydrogens is 924 g/mol. The molecule has 2 rings (SSSR count). The number of phosphoric ester groups is 2. The van der Waals surface area contributed by atoms with Crippen LogP contribution in [0.3, 0.4) is 0 Å². The highest BCUT2D eigenvalue weighted by molar-refractivity contribution is 7.61. The Morgan fingerprint density at radius 1 is 0.794 bits per heavy atom. The highest BCUT2D eigenvalue weighted by Gasteiger charge is 2.46. The number of esters is 2. The minimum atomic E-state index is -5.44. The number of anilines is 1. The van der Waals surface area contributed by atoms with Gasteiger partial charge in [-0.05, 0) is 56.6 Å². The van der Waals surface area contributed by atoms with Gasteiger partial charge in [-0.2, -0.15) is 9.29 Å². The summed E-state index contributed by atoms with van der Waals surface area (Å²) in [6, 6.07) is 1.24. The molecule has 0 bridgehead atoms. The summed E-state index contributed by atoms with van der Waals surface area (Å²) in [6.07, 6.45) is 25.0. The van der Waals surface area contributed by atoms with Crippen molar-refractivity contribution in [1.82, 2.24) is 9.55 Å². The highest BCUT2D eigenvalue weighted by Crippen LogP contribution is 2.60. The topological polar surface area (TPSA) is 283 Å². The number of aliphatic hydroxyl groups excluding tert-OH is 2. The number of unbranched alkanes of at least 4 members (excludes halogenated alkanes) is 11. The number of hydrogen-bond acceptors (Lipinski definition) is 16. The number of carbonyl (C=O) groups excluding carboxylic acids is 3. The molecular formula is C47H77N3O16P2. The zero-order valence-electron chi connectivity index (χ0n) is 40.1. The number of carbonyl (C=O) groups is 3. The third-order valence-corrected chi connectivity index (χ3v) is 13.2. The van der Waals surface area contributed by atoms with Gasteiger partial charge in [0.1, 0.15) is 30.7 Å². The zero-order chi connectivity index (χ0) is 50.2. The highest BCUT2D eigenvalue weighted by atomic mass is 31.3. The summed E-state index contributed by atoms with van der Waals surface area (Å²) < 4.78 is 56.5. The number of hydrogen-bond donors (Lipinski definition) is 5. The Bertz CT molecular complexity index is 1900. The standard InChI is InChI=1S/C47H77N3O16P2/c1-4-5-22-28-38(51)29-24-19-15-11-7-6-8-12-17-21-26-31-43(53)64-39(34-61-42(52)30-25-20-16-13-9-10-14-18-23-27-37(2)3)35-62-67(57,58)66-68(59,60)63-36-40-44(54)45(55)46(65-40)50-33-32-41(48)49-47(50)56/h6-7,12,15,17,19,24,29,32-33,37,39-40,44-46,54-55H,4-5,8-11,13-14,16,18,20-23,25-28,30-31,34-36H2,1-3H3,(H,57,58)(H,59,60)(H2,48,49,56)/b7-6-,17-12-,19-15-,29-24+/t39-,40-,44-,45-,46-/m1/s1. The van der Waals surface area contributed by atoms with Gasteiger partial charge in [0.05, 0.1) is 13.2 Å². The quantitative estimate of drug-likeness (QED) is 0.0104. The second kappa shape index (κ2) is 34.6. The number of aliphatic hydroxyl groups is 2. The van der Waals surface area contributed by atoms with Gasteiger partial charge in [0, 0.05) is 25.5 Å². The van der Waals surface area contributed by atoms with Crippen molar-refractivity contribution in [2.24, 2.45) is 5.92 Å². The minimum Gasteiger partial charge on any atom is -0.462 e. The Balaban J connectivity index is 1.86. The van der Waals surface area contributed by atoms with Gasteiger partial charge in [0.25, 0.3) is 0 Å². The summed E-state index contributed by atoms with van der Waals surface area (Å²) in [7, 11) is -10.9. The zero-order valence-corrected chi connectivity index (χ0v) is 41.8. The summed E-state index contributed by atoms with van der Waals surface area (Å²) >= 11 is 0. The van der Waals surface area contributed by atoms with Crippen molar-refractivity contribution in [2.45, 2.75) is 180 Å². The van der Waals surface area contributed by atoms with Crippen LogP contribution in [-0.4, -0.2) is 91.5 Å². The van der Waals surface area contributed by atoms with Crippen LogP contribution in [0.15, 0.2) is 65.7 Å². The number of phosphoric acid groups is 2. The van der Waals surface area contributed by atoms with E-state index in [1.54, 1.807) is 12.2 Å². The molecule has 6 N–H and O–H groups in total. The van der Waals surface area contributed by atoms with E-state index in [-0.39, 0.29) is 24.4 Å². The number of nitrogens with zero attached hydrogens (tertiary/aromatic N) is 2. The van der Waals surface area contributed by atoms with E-state index in [2.05, 4.69) is 30.1 Å². The molecule has 386 valence electrons. The molecule has 1 fully saturated rings. The summed E-state index contributed by atoms with van der Waals surface area (Å²) in [5.41, 5.74) is 4.57. The van der Waals surface area contributed by atoms with Gasteiger partial charge < -0.3 is 39.9 Å². The van der Waals surface area contributed by atoms with Crippen molar-refractivity contribution < 1.29 is 71.1 Å². The molecule has 1 aliphatic heterocycles. The number of nitrogens with two attached hydrogens (primary N) is 1. The molecule has 0 spiro atoms. The summed E-state index contributed by atoms with van der Waals surface area (Å²) in [6.45, 7) is 4.17. The lowest BCUT2D eigenvalue weighted by Crippen LogP contribution is -2.36. The predicted octanol–water partition coefficient (Wildman–Crippen LogP) is 8.42. The molecule has 0 aliphatic carbocycles. The van der Waals surface area contributed by atoms with E-state index < -0.39 is 83.7 Å². The molecule has 1 saturated heterocycles. The third kappa shape index (κ3) is 28.2. The fourth-order valence-electron chi connectivity index (χ4n) is 6.80. The lowest BCUT2D eigenvalue weighted by Gasteiger charge is -2.21. The largest absolute Gasteiger partial charge is 0.481 e. The van der Waals surface area contributed by atoms with E-state index in [9.17, 15) is 48.3 Å². The number of ketones is 1. The van der Waals surface area contributed by atoms with Gasteiger partial charge in [-0.15, -0.1) is 0 Å². The Morgan fingerprint density at radius 2 is 1.41 bits per heavy atom. The van der Waals surface area contributed by atoms with Crippen molar-refractivity contribution in [3.63, 3.8) is 0 Å².